The number of nitrogens with zero attached hydrogens (tertiary/aromatic N) is 1. The van der Waals surface area contributed by atoms with E-state index in [1.54, 1.807) is 24.3 Å². The van der Waals surface area contributed by atoms with Gasteiger partial charge in [-0.15, -0.1) is 11.3 Å². The summed E-state index contributed by atoms with van der Waals surface area (Å²) in [5.41, 5.74) is 1.64. The van der Waals surface area contributed by atoms with Crippen LogP contribution in [0.15, 0.2) is 59.5 Å². The molecule has 0 atom stereocenters. The van der Waals surface area contributed by atoms with Crippen molar-refractivity contribution in [1.29, 1.82) is 0 Å². The largest absolute Gasteiger partial charge is 0.422 e. The molecule has 4 rings (SSSR count). The van der Waals surface area contributed by atoms with Crippen LogP contribution in [0.5, 0.6) is 5.75 Å². The van der Waals surface area contributed by atoms with Crippen LogP contribution >= 0.6 is 11.3 Å². The molecule has 31 heavy (non-hydrogen) atoms. The summed E-state index contributed by atoms with van der Waals surface area (Å²) in [7, 11) is -2.42. The van der Waals surface area contributed by atoms with Crippen LogP contribution in [0.2, 0.25) is 0 Å². The van der Waals surface area contributed by atoms with Crippen LogP contribution in [0.4, 0.5) is 10.1 Å². The molecule has 1 aliphatic carbocycles. The third-order valence-electron chi connectivity index (χ3n) is 5.33. The van der Waals surface area contributed by atoms with E-state index in [1.165, 1.54) is 47.4 Å². The fraction of sp³-hybridized carbons (Fsp3) is 0.261. The summed E-state index contributed by atoms with van der Waals surface area (Å²) in [6, 6.07) is 12.8. The van der Waals surface area contributed by atoms with Gasteiger partial charge in [0.15, 0.2) is 0 Å². The lowest BCUT2D eigenvalue weighted by molar-refractivity contribution is 0.0739. The van der Waals surface area contributed by atoms with Crippen molar-refractivity contribution in [3.63, 3.8) is 0 Å². The quantitative estimate of drug-likeness (QED) is 0.299. The van der Waals surface area contributed by atoms with Gasteiger partial charge in [-0.25, -0.2) is 17.6 Å². The van der Waals surface area contributed by atoms with E-state index in [0.29, 0.717) is 16.3 Å². The monoisotopic (exact) mass is 459 g/mol. The molecule has 2 aromatic carbocycles. The summed E-state index contributed by atoms with van der Waals surface area (Å²) in [5.74, 6) is -0.571. The summed E-state index contributed by atoms with van der Waals surface area (Å²) in [5, 5.41) is 0. The molecule has 0 unspecified atom stereocenters. The number of halogens is 1. The highest BCUT2D eigenvalue weighted by Crippen LogP contribution is 2.30. The predicted molar refractivity (Wildman–Crippen MR) is 119 cm³/mol. The number of hydrogen-bond acceptors (Lipinski definition) is 5. The van der Waals surface area contributed by atoms with Crippen molar-refractivity contribution in [2.75, 3.05) is 11.4 Å². The zero-order valence-electron chi connectivity index (χ0n) is 17.0. The Kier molecular flexibility index (Phi) is 6.11. The van der Waals surface area contributed by atoms with Gasteiger partial charge in [-0.1, -0.05) is 6.42 Å². The molecular weight excluding hydrogens is 437 g/mol. The number of carbonyl (C=O) groups is 1. The summed E-state index contributed by atoms with van der Waals surface area (Å²) >= 11 is 1.50. The molecule has 8 heteroatoms. The summed E-state index contributed by atoms with van der Waals surface area (Å²) in [4.78, 5) is 14.4. The van der Waals surface area contributed by atoms with Gasteiger partial charge in [0.25, 0.3) is 10.0 Å². The lowest BCUT2D eigenvalue weighted by atomic mass is 10.1. The average Bonchev–Trinajstić information content (AvgIpc) is 3.05. The first kappa shape index (κ1) is 21.5. The molecule has 1 aromatic heterocycles. The summed E-state index contributed by atoms with van der Waals surface area (Å²) in [6.07, 6.45) is 5.53. The van der Waals surface area contributed by atoms with Crippen LogP contribution in [0.25, 0.3) is 0 Å². The number of ether oxygens (including phenoxy) is 1. The Bertz CT molecular complexity index is 1160. The Hall–Kier alpha value is -2.71. The Morgan fingerprint density at radius 1 is 1.00 bits per heavy atom. The van der Waals surface area contributed by atoms with Gasteiger partial charge in [-0.3, -0.25) is 4.31 Å². The minimum atomic E-state index is -3.83. The Morgan fingerprint density at radius 2 is 1.68 bits per heavy atom. The van der Waals surface area contributed by atoms with E-state index < -0.39 is 21.8 Å². The number of sulfonamides is 1. The molecule has 0 amide bonds. The number of esters is 1. The third-order valence-corrected chi connectivity index (χ3v) is 8.35. The van der Waals surface area contributed by atoms with Crippen molar-refractivity contribution in [3.05, 3.63) is 75.7 Å². The summed E-state index contributed by atoms with van der Waals surface area (Å²) in [6.45, 7) is 0. The highest BCUT2D eigenvalue weighted by atomic mass is 32.2. The number of rotatable bonds is 5. The summed E-state index contributed by atoms with van der Waals surface area (Å²) < 4.78 is 45.2. The van der Waals surface area contributed by atoms with E-state index in [2.05, 4.69) is 0 Å². The maximum atomic E-state index is 13.1. The van der Waals surface area contributed by atoms with Crippen LogP contribution in [-0.2, 0) is 22.9 Å². The van der Waals surface area contributed by atoms with Gasteiger partial charge in [0, 0.05) is 11.9 Å². The zero-order chi connectivity index (χ0) is 22.0. The fourth-order valence-electron chi connectivity index (χ4n) is 3.55. The normalized spacial score (nSPS) is 13.9. The van der Waals surface area contributed by atoms with Crippen LogP contribution in [0.3, 0.4) is 0 Å². The first-order valence-corrected chi connectivity index (χ1v) is 12.3. The second-order valence-electron chi connectivity index (χ2n) is 7.43. The number of aryl methyl sites for hydroxylation is 2. The number of fused-ring (bicyclic) bond motifs is 1. The van der Waals surface area contributed by atoms with Gasteiger partial charge in [0.05, 0.1) is 10.6 Å². The minimum absolute atomic E-state index is 0.00985. The average molecular weight is 460 g/mol. The molecular formula is C23H22FNO4S2. The molecule has 0 N–H and O–H groups in total. The second kappa shape index (κ2) is 8.80. The van der Waals surface area contributed by atoms with Gasteiger partial charge < -0.3 is 4.74 Å². The van der Waals surface area contributed by atoms with E-state index in [9.17, 15) is 17.6 Å². The number of anilines is 1. The van der Waals surface area contributed by atoms with E-state index in [0.717, 1.165) is 42.1 Å². The number of hydrogen-bond donors (Lipinski definition) is 0. The molecule has 0 radical (unpaired) electrons. The van der Waals surface area contributed by atoms with E-state index >= 15 is 0 Å². The van der Waals surface area contributed by atoms with Crippen molar-refractivity contribution in [1.82, 2.24) is 0 Å². The molecule has 0 spiro atoms. The van der Waals surface area contributed by atoms with Gasteiger partial charge in [0.1, 0.15) is 16.4 Å². The maximum Gasteiger partial charge on any atom is 0.353 e. The number of thiophene rings is 1. The topological polar surface area (TPSA) is 63.7 Å². The molecule has 162 valence electrons. The molecule has 1 heterocycles. The predicted octanol–water partition coefficient (Wildman–Crippen LogP) is 5.20. The molecule has 5 nitrogen and oxygen atoms in total. The van der Waals surface area contributed by atoms with Gasteiger partial charge in [0.2, 0.25) is 0 Å². The molecule has 0 saturated carbocycles. The third kappa shape index (κ3) is 4.65. The van der Waals surface area contributed by atoms with Crippen LogP contribution < -0.4 is 9.04 Å². The van der Waals surface area contributed by atoms with Crippen molar-refractivity contribution in [2.24, 2.45) is 0 Å². The van der Waals surface area contributed by atoms with Crippen molar-refractivity contribution < 1.29 is 22.3 Å². The van der Waals surface area contributed by atoms with Gasteiger partial charge in [-0.2, -0.15) is 0 Å². The van der Waals surface area contributed by atoms with Crippen molar-refractivity contribution in [3.8, 4) is 5.75 Å². The SMILES string of the molecule is CN(c1ccc(OC(=O)c2cc3c(s2)CCCCC3)cc1)S(=O)(=O)c1ccc(F)cc1. The smallest absolute Gasteiger partial charge is 0.353 e. The molecule has 0 fully saturated rings. The van der Waals surface area contributed by atoms with Crippen molar-refractivity contribution >= 4 is 33.0 Å². The Labute approximate surface area is 185 Å². The lowest BCUT2D eigenvalue weighted by Gasteiger charge is -2.19. The van der Waals surface area contributed by atoms with Crippen LogP contribution in [-0.4, -0.2) is 21.4 Å². The second-order valence-corrected chi connectivity index (χ2v) is 10.5. The number of carbonyl (C=O) groups excluding carboxylic acids is 1. The maximum absolute atomic E-state index is 13.1. The van der Waals surface area contributed by atoms with E-state index in [-0.39, 0.29) is 4.90 Å². The molecule has 1 aliphatic rings. The number of benzene rings is 2. The van der Waals surface area contributed by atoms with Gasteiger partial charge in [-0.05, 0) is 85.8 Å². The van der Waals surface area contributed by atoms with Crippen LogP contribution in [0.1, 0.15) is 39.4 Å². The van der Waals surface area contributed by atoms with E-state index in [1.807, 2.05) is 6.07 Å². The highest BCUT2D eigenvalue weighted by Gasteiger charge is 2.22. The highest BCUT2D eigenvalue weighted by molar-refractivity contribution is 7.92. The van der Waals surface area contributed by atoms with Crippen LogP contribution in [0, 0.1) is 5.82 Å². The molecule has 0 aliphatic heterocycles. The Morgan fingerprint density at radius 3 is 2.39 bits per heavy atom. The molecule has 0 saturated heterocycles. The molecule has 3 aromatic rings. The standard InChI is InChI=1S/C23H22FNO4S2/c1-25(31(27,28)20-13-7-17(24)8-14-20)18-9-11-19(12-10-18)29-23(26)22-15-16-5-3-2-4-6-21(16)30-22/h7-15H,2-6H2,1H3. The van der Waals surface area contributed by atoms with Crippen molar-refractivity contribution in [2.45, 2.75) is 37.0 Å². The fourth-order valence-corrected chi connectivity index (χ4v) is 5.88. The Balaban J connectivity index is 1.46. The first-order chi connectivity index (χ1) is 14.8. The zero-order valence-corrected chi connectivity index (χ0v) is 18.6. The molecule has 0 bridgehead atoms. The van der Waals surface area contributed by atoms with E-state index in [4.69, 9.17) is 4.74 Å². The van der Waals surface area contributed by atoms with Gasteiger partial charge >= 0.3 is 5.97 Å². The first-order valence-electron chi connectivity index (χ1n) is 10.0. The lowest BCUT2D eigenvalue weighted by Crippen LogP contribution is -2.26. The minimum Gasteiger partial charge on any atom is -0.422 e.